The SMILES string of the molecule is CC1CC[C@@H](O[C@@H]2O[C@@H](C)[C@@H](O)[C@@H](O)[C@@H]2O)[C@H](O[C@@H]2O[C@H](CO)[C@H](O)[C@H](O[C@@H](CC3CCCCC3)C(=O)O)[C@H]2O)C1. The highest BCUT2D eigenvalue weighted by atomic mass is 16.7. The molecule has 13 heteroatoms. The molecule has 0 aromatic carbocycles. The topological polar surface area (TPSA) is 205 Å². The fourth-order valence-electron chi connectivity index (χ4n) is 6.53. The molecule has 4 rings (SSSR count). The molecule has 2 saturated carbocycles. The summed E-state index contributed by atoms with van der Waals surface area (Å²) in [5.41, 5.74) is 0. The zero-order chi connectivity index (χ0) is 29.8. The number of hydrogen-bond acceptors (Lipinski definition) is 12. The van der Waals surface area contributed by atoms with Gasteiger partial charge in [-0.3, -0.25) is 0 Å². The Labute approximate surface area is 240 Å². The molecule has 1 unspecified atom stereocenters. The van der Waals surface area contributed by atoms with Crippen molar-refractivity contribution in [1.82, 2.24) is 0 Å². The molecule has 4 aliphatic rings. The van der Waals surface area contributed by atoms with Crippen molar-refractivity contribution in [3.63, 3.8) is 0 Å². The Morgan fingerprint density at radius 3 is 2.12 bits per heavy atom. The van der Waals surface area contributed by atoms with Crippen molar-refractivity contribution in [3.05, 3.63) is 0 Å². The zero-order valence-corrected chi connectivity index (χ0v) is 23.8. The normalized spacial score (nSPS) is 45.3. The molecule has 0 bridgehead atoms. The number of ether oxygens (including phenoxy) is 5. The number of aliphatic hydroxyl groups excluding tert-OH is 6. The van der Waals surface area contributed by atoms with Gasteiger partial charge in [-0.15, -0.1) is 0 Å². The van der Waals surface area contributed by atoms with Crippen LogP contribution in [0.15, 0.2) is 0 Å². The first-order valence-corrected chi connectivity index (χ1v) is 15.0. The Morgan fingerprint density at radius 1 is 0.805 bits per heavy atom. The van der Waals surface area contributed by atoms with E-state index in [0.29, 0.717) is 12.8 Å². The molecule has 7 N–H and O–H groups in total. The van der Waals surface area contributed by atoms with Gasteiger partial charge < -0.3 is 59.4 Å². The third-order valence-corrected chi connectivity index (χ3v) is 9.11. The monoisotopic (exact) mass is 592 g/mol. The molecule has 41 heavy (non-hydrogen) atoms. The van der Waals surface area contributed by atoms with E-state index in [1.54, 1.807) is 6.92 Å². The highest BCUT2D eigenvalue weighted by Crippen LogP contribution is 2.36. The summed E-state index contributed by atoms with van der Waals surface area (Å²) in [5, 5.41) is 72.5. The minimum atomic E-state index is -1.58. The fraction of sp³-hybridized carbons (Fsp3) is 0.964. The van der Waals surface area contributed by atoms with Crippen LogP contribution in [0.5, 0.6) is 0 Å². The smallest absolute Gasteiger partial charge is 0.332 e. The molecular weight excluding hydrogens is 544 g/mol. The molecule has 2 saturated heterocycles. The first-order valence-electron chi connectivity index (χ1n) is 15.0. The lowest BCUT2D eigenvalue weighted by atomic mass is 9.85. The molecule has 14 atom stereocenters. The number of carboxylic acids is 1. The molecule has 0 radical (unpaired) electrons. The van der Waals surface area contributed by atoms with Crippen LogP contribution in [-0.2, 0) is 28.5 Å². The Hall–Kier alpha value is -0.970. The van der Waals surface area contributed by atoms with Crippen molar-refractivity contribution in [2.75, 3.05) is 6.61 Å². The van der Waals surface area contributed by atoms with Gasteiger partial charge in [-0.2, -0.15) is 0 Å². The standard InChI is InChI=1S/C28H48O13/c1-13-8-9-16(39-27-23(33)22(32)20(30)14(2)37-27)17(10-13)40-28-24(34)25(21(31)19(12-29)41-28)38-18(26(35)36)11-15-6-4-3-5-7-15/h13-25,27-34H,3-12H2,1-2H3,(H,35,36)/t13?,14-,16+,17+,18-,19+,20+,21-,22+,23-,24+,25-,27-,28+/m0/s1. The fourth-order valence-corrected chi connectivity index (χ4v) is 6.53. The average molecular weight is 593 g/mol. The Bertz CT molecular complexity index is 825. The number of aliphatic hydroxyl groups is 6. The largest absolute Gasteiger partial charge is 0.479 e. The van der Waals surface area contributed by atoms with E-state index >= 15 is 0 Å². The van der Waals surface area contributed by atoms with Crippen molar-refractivity contribution in [1.29, 1.82) is 0 Å². The summed E-state index contributed by atoms with van der Waals surface area (Å²) < 4.78 is 29.4. The van der Waals surface area contributed by atoms with Gasteiger partial charge in [0.1, 0.15) is 42.7 Å². The number of carboxylic acid groups (broad SMARTS) is 1. The molecule has 4 fully saturated rings. The van der Waals surface area contributed by atoms with E-state index in [2.05, 4.69) is 0 Å². The molecule has 0 amide bonds. The summed E-state index contributed by atoms with van der Waals surface area (Å²) in [6, 6.07) is 0. The summed E-state index contributed by atoms with van der Waals surface area (Å²) in [7, 11) is 0. The van der Waals surface area contributed by atoms with E-state index in [1.807, 2.05) is 6.92 Å². The number of aliphatic carboxylic acids is 1. The van der Waals surface area contributed by atoms with Gasteiger partial charge in [-0.25, -0.2) is 4.79 Å². The van der Waals surface area contributed by atoms with Crippen molar-refractivity contribution in [2.45, 2.75) is 151 Å². The second-order valence-corrected chi connectivity index (χ2v) is 12.3. The molecule has 2 aliphatic heterocycles. The summed E-state index contributed by atoms with van der Waals surface area (Å²) in [6.07, 6.45) is -8.93. The third kappa shape index (κ3) is 7.95. The predicted octanol–water partition coefficient (Wildman–Crippen LogP) is -0.348. The van der Waals surface area contributed by atoms with Crippen molar-refractivity contribution in [3.8, 4) is 0 Å². The molecule has 2 heterocycles. The number of carbonyl (C=O) groups is 1. The van der Waals surface area contributed by atoms with Crippen LogP contribution in [0.3, 0.4) is 0 Å². The summed E-state index contributed by atoms with van der Waals surface area (Å²) in [4.78, 5) is 12.1. The molecular formula is C28H48O13. The van der Waals surface area contributed by atoms with Crippen LogP contribution in [0.4, 0.5) is 0 Å². The van der Waals surface area contributed by atoms with E-state index in [1.165, 1.54) is 0 Å². The summed E-state index contributed by atoms with van der Waals surface area (Å²) >= 11 is 0. The first-order chi connectivity index (χ1) is 19.5. The molecule has 0 aromatic rings. The summed E-state index contributed by atoms with van der Waals surface area (Å²) in [5.74, 6) is -0.815. The minimum absolute atomic E-state index is 0.168. The van der Waals surface area contributed by atoms with Crippen molar-refractivity contribution in [2.24, 2.45) is 11.8 Å². The molecule has 13 nitrogen and oxygen atoms in total. The molecule has 2 aliphatic carbocycles. The first kappa shape index (κ1) is 32.9. The zero-order valence-electron chi connectivity index (χ0n) is 23.8. The van der Waals surface area contributed by atoms with Crippen LogP contribution < -0.4 is 0 Å². The predicted molar refractivity (Wildman–Crippen MR) is 140 cm³/mol. The highest BCUT2D eigenvalue weighted by molar-refractivity contribution is 5.72. The molecule has 0 spiro atoms. The highest BCUT2D eigenvalue weighted by Gasteiger charge is 2.50. The van der Waals surface area contributed by atoms with Gasteiger partial charge in [-0.1, -0.05) is 39.0 Å². The van der Waals surface area contributed by atoms with Crippen molar-refractivity contribution < 1.29 is 64.2 Å². The van der Waals surface area contributed by atoms with Gasteiger partial charge in [0.15, 0.2) is 18.7 Å². The van der Waals surface area contributed by atoms with Gasteiger partial charge in [0.2, 0.25) is 0 Å². The second kappa shape index (κ2) is 14.7. The van der Waals surface area contributed by atoms with E-state index in [-0.39, 0.29) is 18.3 Å². The Balaban J connectivity index is 1.46. The van der Waals surface area contributed by atoms with Gasteiger partial charge >= 0.3 is 5.97 Å². The lowest BCUT2D eigenvalue weighted by Crippen LogP contribution is -2.62. The number of hydrogen-bond donors (Lipinski definition) is 7. The van der Waals surface area contributed by atoms with Crippen LogP contribution in [0.1, 0.15) is 71.6 Å². The van der Waals surface area contributed by atoms with Crippen LogP contribution in [0.25, 0.3) is 0 Å². The maximum absolute atomic E-state index is 12.1. The van der Waals surface area contributed by atoms with Crippen LogP contribution in [0.2, 0.25) is 0 Å². The Kier molecular flexibility index (Phi) is 11.8. The minimum Gasteiger partial charge on any atom is -0.479 e. The van der Waals surface area contributed by atoms with Gasteiger partial charge in [0, 0.05) is 0 Å². The van der Waals surface area contributed by atoms with Crippen LogP contribution in [0, 0.1) is 11.8 Å². The van der Waals surface area contributed by atoms with E-state index in [0.717, 1.165) is 38.5 Å². The second-order valence-electron chi connectivity index (χ2n) is 12.3. The Morgan fingerprint density at radius 2 is 1.46 bits per heavy atom. The van der Waals surface area contributed by atoms with Gasteiger partial charge in [0.05, 0.1) is 24.9 Å². The molecule has 238 valence electrons. The van der Waals surface area contributed by atoms with E-state index in [4.69, 9.17) is 23.7 Å². The molecule has 0 aromatic heterocycles. The average Bonchev–Trinajstić information content (AvgIpc) is 2.95. The van der Waals surface area contributed by atoms with Crippen molar-refractivity contribution >= 4 is 5.97 Å². The quantitative estimate of drug-likeness (QED) is 0.174. The lowest BCUT2D eigenvalue weighted by Gasteiger charge is -2.46. The van der Waals surface area contributed by atoms with Gasteiger partial charge in [0.25, 0.3) is 0 Å². The van der Waals surface area contributed by atoms with Crippen LogP contribution >= 0.6 is 0 Å². The maximum atomic E-state index is 12.1. The summed E-state index contributed by atoms with van der Waals surface area (Å²) in [6.45, 7) is 2.96. The third-order valence-electron chi connectivity index (χ3n) is 9.11. The van der Waals surface area contributed by atoms with E-state index < -0.39 is 92.3 Å². The van der Waals surface area contributed by atoms with Crippen LogP contribution in [-0.4, -0.2) is 128 Å². The number of rotatable bonds is 10. The van der Waals surface area contributed by atoms with E-state index in [9.17, 15) is 40.5 Å². The maximum Gasteiger partial charge on any atom is 0.332 e. The lowest BCUT2D eigenvalue weighted by molar-refractivity contribution is -0.346. The van der Waals surface area contributed by atoms with Gasteiger partial charge in [-0.05, 0) is 44.4 Å².